The first-order chi connectivity index (χ1) is 10.6. The first-order valence-corrected chi connectivity index (χ1v) is 8.26. The lowest BCUT2D eigenvalue weighted by Crippen LogP contribution is -2.48. The lowest BCUT2D eigenvalue weighted by atomic mass is 10.1. The smallest absolute Gasteiger partial charge is 0.253 e. The number of hydrogen-bond acceptors (Lipinski definition) is 3. The molecular formula is C18H28N2O2. The van der Waals surface area contributed by atoms with Gasteiger partial charge in [-0.3, -0.25) is 9.69 Å². The van der Waals surface area contributed by atoms with Gasteiger partial charge in [0.05, 0.1) is 7.11 Å². The maximum Gasteiger partial charge on any atom is 0.253 e. The summed E-state index contributed by atoms with van der Waals surface area (Å²) < 4.78 is 5.13. The molecule has 0 unspecified atom stereocenters. The molecule has 1 fully saturated rings. The lowest BCUT2D eigenvalue weighted by Gasteiger charge is -2.35. The minimum atomic E-state index is 0.129. The predicted molar refractivity (Wildman–Crippen MR) is 89.4 cm³/mol. The van der Waals surface area contributed by atoms with E-state index < -0.39 is 0 Å². The number of rotatable bonds is 6. The van der Waals surface area contributed by atoms with Gasteiger partial charge in [-0.2, -0.15) is 0 Å². The number of ether oxygens (including phenoxy) is 1. The fourth-order valence-electron chi connectivity index (χ4n) is 2.81. The molecule has 4 heteroatoms. The van der Waals surface area contributed by atoms with E-state index in [0.717, 1.165) is 50.0 Å². The summed E-state index contributed by atoms with van der Waals surface area (Å²) >= 11 is 0. The van der Waals surface area contributed by atoms with Crippen LogP contribution in [-0.4, -0.2) is 55.5 Å². The molecule has 0 N–H and O–H groups in total. The first kappa shape index (κ1) is 16.8. The minimum absolute atomic E-state index is 0.129. The number of nitrogens with zero attached hydrogens (tertiary/aromatic N) is 2. The zero-order chi connectivity index (χ0) is 15.9. The highest BCUT2D eigenvalue weighted by Crippen LogP contribution is 2.14. The molecule has 1 saturated heterocycles. The van der Waals surface area contributed by atoms with Gasteiger partial charge in [-0.1, -0.05) is 13.8 Å². The molecule has 0 saturated carbocycles. The normalized spacial score (nSPS) is 16.1. The predicted octanol–water partition coefficient (Wildman–Crippen LogP) is 2.89. The van der Waals surface area contributed by atoms with Crippen molar-refractivity contribution in [2.45, 2.75) is 26.7 Å². The van der Waals surface area contributed by atoms with Crippen molar-refractivity contribution in [3.05, 3.63) is 29.8 Å². The molecule has 4 nitrogen and oxygen atoms in total. The highest BCUT2D eigenvalue weighted by atomic mass is 16.5. The maximum absolute atomic E-state index is 12.5. The van der Waals surface area contributed by atoms with Crippen molar-refractivity contribution in [3.8, 4) is 5.75 Å². The van der Waals surface area contributed by atoms with Gasteiger partial charge in [0.25, 0.3) is 5.91 Å². The molecule has 1 aromatic carbocycles. The summed E-state index contributed by atoms with van der Waals surface area (Å²) in [5.74, 6) is 1.69. The molecule has 0 radical (unpaired) electrons. The molecule has 0 aromatic heterocycles. The van der Waals surface area contributed by atoms with Crippen LogP contribution in [0.2, 0.25) is 0 Å². The Bertz CT molecular complexity index is 462. The summed E-state index contributed by atoms with van der Waals surface area (Å²) in [6.45, 7) is 9.32. The van der Waals surface area contributed by atoms with E-state index in [0.29, 0.717) is 0 Å². The largest absolute Gasteiger partial charge is 0.497 e. The van der Waals surface area contributed by atoms with E-state index in [2.05, 4.69) is 18.7 Å². The Kier molecular flexibility index (Phi) is 6.25. The summed E-state index contributed by atoms with van der Waals surface area (Å²) in [7, 11) is 1.63. The second kappa shape index (κ2) is 8.18. The van der Waals surface area contributed by atoms with Gasteiger partial charge < -0.3 is 9.64 Å². The molecule has 0 bridgehead atoms. The average molecular weight is 304 g/mol. The summed E-state index contributed by atoms with van der Waals surface area (Å²) in [6, 6.07) is 7.37. The van der Waals surface area contributed by atoms with E-state index >= 15 is 0 Å². The highest BCUT2D eigenvalue weighted by Gasteiger charge is 2.21. The van der Waals surface area contributed by atoms with Crippen LogP contribution >= 0.6 is 0 Å². The van der Waals surface area contributed by atoms with Crippen LogP contribution in [0, 0.1) is 5.92 Å². The molecular weight excluding hydrogens is 276 g/mol. The minimum Gasteiger partial charge on any atom is -0.497 e. The van der Waals surface area contributed by atoms with E-state index in [1.807, 2.05) is 29.2 Å². The van der Waals surface area contributed by atoms with Crippen LogP contribution in [0.5, 0.6) is 5.75 Å². The van der Waals surface area contributed by atoms with Crippen LogP contribution in [0.3, 0.4) is 0 Å². The van der Waals surface area contributed by atoms with Crippen LogP contribution in [-0.2, 0) is 0 Å². The molecule has 0 atom stereocenters. The number of carbonyl (C=O) groups is 1. The summed E-state index contributed by atoms with van der Waals surface area (Å²) in [4.78, 5) is 16.9. The van der Waals surface area contributed by atoms with Crippen molar-refractivity contribution in [2.24, 2.45) is 5.92 Å². The van der Waals surface area contributed by atoms with Crippen LogP contribution < -0.4 is 4.74 Å². The molecule has 0 spiro atoms. The fraction of sp³-hybridized carbons (Fsp3) is 0.611. The Morgan fingerprint density at radius 2 is 1.77 bits per heavy atom. The molecule has 22 heavy (non-hydrogen) atoms. The van der Waals surface area contributed by atoms with E-state index in [1.165, 1.54) is 12.8 Å². The third-order valence-corrected chi connectivity index (χ3v) is 4.25. The SMILES string of the molecule is COc1ccc(C(=O)N2CCN(CCCC(C)C)CC2)cc1. The quantitative estimate of drug-likeness (QED) is 0.810. The van der Waals surface area contributed by atoms with Gasteiger partial charge in [0.1, 0.15) is 5.75 Å². The van der Waals surface area contributed by atoms with Gasteiger partial charge in [0.15, 0.2) is 0 Å². The van der Waals surface area contributed by atoms with Crippen LogP contribution in [0.1, 0.15) is 37.0 Å². The number of piperazine rings is 1. The Hall–Kier alpha value is -1.55. The lowest BCUT2D eigenvalue weighted by molar-refractivity contribution is 0.0634. The Balaban J connectivity index is 1.79. The van der Waals surface area contributed by atoms with Crippen molar-refractivity contribution < 1.29 is 9.53 Å². The van der Waals surface area contributed by atoms with Gasteiger partial charge in [-0.25, -0.2) is 0 Å². The number of carbonyl (C=O) groups excluding carboxylic acids is 1. The van der Waals surface area contributed by atoms with Crippen LogP contribution in [0.25, 0.3) is 0 Å². The van der Waals surface area contributed by atoms with Crippen molar-refractivity contribution in [1.82, 2.24) is 9.80 Å². The molecule has 122 valence electrons. The van der Waals surface area contributed by atoms with Crippen LogP contribution in [0.15, 0.2) is 24.3 Å². The molecule has 1 heterocycles. The van der Waals surface area contributed by atoms with Gasteiger partial charge >= 0.3 is 0 Å². The zero-order valence-electron chi connectivity index (χ0n) is 14.0. The fourth-order valence-corrected chi connectivity index (χ4v) is 2.81. The molecule has 0 aliphatic carbocycles. The third-order valence-electron chi connectivity index (χ3n) is 4.25. The zero-order valence-corrected chi connectivity index (χ0v) is 14.0. The van der Waals surface area contributed by atoms with Gasteiger partial charge in [-0.05, 0) is 49.6 Å². The van der Waals surface area contributed by atoms with E-state index in [-0.39, 0.29) is 5.91 Å². The van der Waals surface area contributed by atoms with Crippen molar-refractivity contribution in [1.29, 1.82) is 0 Å². The summed E-state index contributed by atoms with van der Waals surface area (Å²) in [5, 5.41) is 0. The topological polar surface area (TPSA) is 32.8 Å². The molecule has 1 amide bonds. The first-order valence-electron chi connectivity index (χ1n) is 8.26. The number of amides is 1. The van der Waals surface area contributed by atoms with Gasteiger partial charge in [0.2, 0.25) is 0 Å². The Morgan fingerprint density at radius 1 is 1.14 bits per heavy atom. The summed E-state index contributed by atoms with van der Waals surface area (Å²) in [5.41, 5.74) is 0.744. The number of benzene rings is 1. The molecule has 2 rings (SSSR count). The Morgan fingerprint density at radius 3 is 2.32 bits per heavy atom. The van der Waals surface area contributed by atoms with E-state index in [4.69, 9.17) is 4.74 Å². The molecule has 1 aliphatic heterocycles. The molecule has 1 aliphatic rings. The average Bonchev–Trinajstić information content (AvgIpc) is 2.54. The highest BCUT2D eigenvalue weighted by molar-refractivity contribution is 5.94. The van der Waals surface area contributed by atoms with Crippen molar-refractivity contribution in [3.63, 3.8) is 0 Å². The third kappa shape index (κ3) is 4.73. The van der Waals surface area contributed by atoms with E-state index in [9.17, 15) is 4.79 Å². The maximum atomic E-state index is 12.5. The second-order valence-electron chi connectivity index (χ2n) is 6.40. The van der Waals surface area contributed by atoms with Crippen LogP contribution in [0.4, 0.5) is 0 Å². The number of hydrogen-bond donors (Lipinski definition) is 0. The van der Waals surface area contributed by atoms with Gasteiger partial charge in [0, 0.05) is 31.7 Å². The van der Waals surface area contributed by atoms with Crippen molar-refractivity contribution in [2.75, 3.05) is 39.8 Å². The van der Waals surface area contributed by atoms with Crippen molar-refractivity contribution >= 4 is 5.91 Å². The Labute approximate surface area is 134 Å². The van der Waals surface area contributed by atoms with E-state index in [1.54, 1.807) is 7.11 Å². The summed E-state index contributed by atoms with van der Waals surface area (Å²) in [6.07, 6.45) is 2.54. The monoisotopic (exact) mass is 304 g/mol. The number of methoxy groups -OCH3 is 1. The standard InChI is InChI=1S/C18H28N2O2/c1-15(2)5-4-10-19-11-13-20(14-12-19)18(21)16-6-8-17(22-3)9-7-16/h6-9,15H,4-5,10-14H2,1-3H3. The second-order valence-corrected chi connectivity index (χ2v) is 6.40. The molecule has 1 aromatic rings. The van der Waals surface area contributed by atoms with Gasteiger partial charge in [-0.15, -0.1) is 0 Å².